The van der Waals surface area contributed by atoms with Gasteiger partial charge in [-0.15, -0.1) is 0 Å². The first-order valence-electron chi connectivity index (χ1n) is 6.33. The largest absolute Gasteiger partial charge is 0.506 e. The summed E-state index contributed by atoms with van der Waals surface area (Å²) in [6.07, 6.45) is 3.61. The minimum atomic E-state index is -0.250. The molecular formula is C17H11IO3. The number of phenolic OH excluding ortho intramolecular Hbond substituents is 1. The normalized spacial score (nSPS) is 11.3. The van der Waals surface area contributed by atoms with E-state index in [0.717, 1.165) is 5.56 Å². The molecule has 0 aliphatic carbocycles. The maximum Gasteiger partial charge on any atom is 0.197 e. The van der Waals surface area contributed by atoms with Crippen LogP contribution in [0.15, 0.2) is 57.7 Å². The molecule has 2 aromatic carbocycles. The van der Waals surface area contributed by atoms with Crippen molar-refractivity contribution >= 4 is 45.7 Å². The smallest absolute Gasteiger partial charge is 0.197 e. The van der Waals surface area contributed by atoms with Crippen LogP contribution in [0.25, 0.3) is 23.1 Å². The van der Waals surface area contributed by atoms with E-state index in [1.807, 2.05) is 59.0 Å². The van der Waals surface area contributed by atoms with Crippen LogP contribution in [-0.4, -0.2) is 5.11 Å². The van der Waals surface area contributed by atoms with Gasteiger partial charge in [0.25, 0.3) is 0 Å². The van der Waals surface area contributed by atoms with E-state index in [9.17, 15) is 9.90 Å². The van der Waals surface area contributed by atoms with Crippen LogP contribution in [0, 0.1) is 3.57 Å². The molecule has 0 fully saturated rings. The summed E-state index contributed by atoms with van der Waals surface area (Å²) in [5.74, 6) is 0.428. The average molecular weight is 390 g/mol. The van der Waals surface area contributed by atoms with Crippen molar-refractivity contribution in [3.05, 3.63) is 73.6 Å². The van der Waals surface area contributed by atoms with Gasteiger partial charge in [0, 0.05) is 6.07 Å². The van der Waals surface area contributed by atoms with E-state index in [4.69, 9.17) is 4.42 Å². The lowest BCUT2D eigenvalue weighted by atomic mass is 10.1. The van der Waals surface area contributed by atoms with Crippen molar-refractivity contribution in [2.24, 2.45) is 0 Å². The maximum absolute atomic E-state index is 12.1. The van der Waals surface area contributed by atoms with E-state index in [1.165, 1.54) is 6.07 Å². The van der Waals surface area contributed by atoms with Gasteiger partial charge in [-0.05, 0) is 46.4 Å². The summed E-state index contributed by atoms with van der Waals surface area (Å²) in [4.78, 5) is 12.1. The Morgan fingerprint density at radius 3 is 2.57 bits per heavy atom. The van der Waals surface area contributed by atoms with Gasteiger partial charge in [0.2, 0.25) is 0 Å². The standard InChI is InChI=1S/C17H11IO3/c18-13-8-9-15-16(17(13)20)14(19)10-12(21-15)7-6-11-4-2-1-3-5-11/h1-10,20H/b7-6+. The topological polar surface area (TPSA) is 50.4 Å². The number of hydrogen-bond donors (Lipinski definition) is 1. The zero-order valence-electron chi connectivity index (χ0n) is 10.9. The molecule has 0 amide bonds. The maximum atomic E-state index is 12.1. The monoisotopic (exact) mass is 390 g/mol. The van der Waals surface area contributed by atoms with Crippen LogP contribution in [0.3, 0.4) is 0 Å². The molecule has 0 saturated carbocycles. The van der Waals surface area contributed by atoms with Crippen molar-refractivity contribution in [1.29, 1.82) is 0 Å². The molecule has 0 aliphatic rings. The molecule has 3 aromatic rings. The van der Waals surface area contributed by atoms with Crippen molar-refractivity contribution in [1.82, 2.24) is 0 Å². The molecule has 1 heterocycles. The summed E-state index contributed by atoms with van der Waals surface area (Å²) in [5, 5.41) is 10.2. The van der Waals surface area contributed by atoms with Crippen LogP contribution in [0.1, 0.15) is 11.3 Å². The fraction of sp³-hybridized carbons (Fsp3) is 0. The molecule has 0 saturated heterocycles. The minimum Gasteiger partial charge on any atom is -0.506 e. The van der Waals surface area contributed by atoms with Crippen LogP contribution in [0.2, 0.25) is 0 Å². The Morgan fingerprint density at radius 2 is 1.81 bits per heavy atom. The molecule has 104 valence electrons. The fourth-order valence-corrected chi connectivity index (χ4v) is 2.50. The highest BCUT2D eigenvalue weighted by atomic mass is 127. The van der Waals surface area contributed by atoms with Crippen molar-refractivity contribution in [2.45, 2.75) is 0 Å². The predicted molar refractivity (Wildman–Crippen MR) is 92.2 cm³/mol. The first kappa shape index (κ1) is 13.9. The molecule has 1 N–H and O–H groups in total. The molecule has 0 atom stereocenters. The van der Waals surface area contributed by atoms with E-state index in [1.54, 1.807) is 18.2 Å². The zero-order chi connectivity index (χ0) is 14.8. The van der Waals surface area contributed by atoms with E-state index in [2.05, 4.69) is 0 Å². The Bertz CT molecular complexity index is 880. The number of hydrogen-bond acceptors (Lipinski definition) is 3. The quantitative estimate of drug-likeness (QED) is 0.665. The molecular weight excluding hydrogens is 379 g/mol. The van der Waals surface area contributed by atoms with Crippen molar-refractivity contribution in [2.75, 3.05) is 0 Å². The second kappa shape index (κ2) is 5.73. The van der Waals surface area contributed by atoms with Gasteiger partial charge in [0.15, 0.2) is 5.43 Å². The van der Waals surface area contributed by atoms with Gasteiger partial charge in [-0.25, -0.2) is 0 Å². The molecule has 0 spiro atoms. The lowest BCUT2D eigenvalue weighted by Crippen LogP contribution is -2.01. The van der Waals surface area contributed by atoms with Crippen LogP contribution < -0.4 is 5.43 Å². The first-order valence-corrected chi connectivity index (χ1v) is 7.41. The number of phenols is 1. The predicted octanol–water partition coefficient (Wildman–Crippen LogP) is 4.27. The molecule has 3 nitrogen and oxygen atoms in total. The van der Waals surface area contributed by atoms with Gasteiger partial charge in [0.1, 0.15) is 22.5 Å². The van der Waals surface area contributed by atoms with Gasteiger partial charge >= 0.3 is 0 Å². The average Bonchev–Trinajstić information content (AvgIpc) is 2.50. The lowest BCUT2D eigenvalue weighted by Gasteiger charge is -2.03. The lowest BCUT2D eigenvalue weighted by molar-refractivity contribution is 0.475. The molecule has 1 aromatic heterocycles. The Labute approximate surface area is 134 Å². The van der Waals surface area contributed by atoms with Crippen LogP contribution in [-0.2, 0) is 0 Å². The SMILES string of the molecule is O=c1cc(/C=C/c2ccccc2)oc2ccc(I)c(O)c12. The third kappa shape index (κ3) is 2.85. The molecule has 0 bridgehead atoms. The van der Waals surface area contributed by atoms with Crippen molar-refractivity contribution < 1.29 is 9.52 Å². The molecule has 0 unspecified atom stereocenters. The van der Waals surface area contributed by atoms with E-state index < -0.39 is 0 Å². The summed E-state index contributed by atoms with van der Waals surface area (Å²) >= 11 is 1.98. The van der Waals surface area contributed by atoms with Crippen LogP contribution >= 0.6 is 22.6 Å². The van der Waals surface area contributed by atoms with E-state index >= 15 is 0 Å². The fourth-order valence-electron chi connectivity index (χ4n) is 2.05. The summed E-state index contributed by atoms with van der Waals surface area (Å²) in [7, 11) is 0. The van der Waals surface area contributed by atoms with Gasteiger partial charge in [0.05, 0.1) is 3.57 Å². The van der Waals surface area contributed by atoms with E-state index in [-0.39, 0.29) is 16.6 Å². The minimum absolute atomic E-state index is 0.0274. The molecule has 4 heteroatoms. The van der Waals surface area contributed by atoms with E-state index in [0.29, 0.717) is 14.9 Å². The highest BCUT2D eigenvalue weighted by molar-refractivity contribution is 14.1. The third-order valence-corrected chi connectivity index (χ3v) is 3.95. The Hall–Kier alpha value is -2.08. The third-order valence-electron chi connectivity index (χ3n) is 3.08. The van der Waals surface area contributed by atoms with Gasteiger partial charge in [-0.3, -0.25) is 4.79 Å². The van der Waals surface area contributed by atoms with Crippen molar-refractivity contribution in [3.63, 3.8) is 0 Å². The number of aromatic hydroxyl groups is 1. The molecule has 0 aliphatic heterocycles. The van der Waals surface area contributed by atoms with Gasteiger partial charge in [-0.1, -0.05) is 36.4 Å². The molecule has 21 heavy (non-hydrogen) atoms. The van der Waals surface area contributed by atoms with Crippen LogP contribution in [0.5, 0.6) is 5.75 Å². The molecule has 3 rings (SSSR count). The number of halogens is 1. The van der Waals surface area contributed by atoms with Crippen LogP contribution in [0.4, 0.5) is 0 Å². The second-order valence-electron chi connectivity index (χ2n) is 4.53. The summed E-state index contributed by atoms with van der Waals surface area (Å²) in [5.41, 5.74) is 1.15. The summed E-state index contributed by atoms with van der Waals surface area (Å²) < 4.78 is 6.28. The number of rotatable bonds is 2. The first-order chi connectivity index (χ1) is 10.1. The Balaban J connectivity index is 2.08. The molecule has 0 radical (unpaired) electrons. The van der Waals surface area contributed by atoms with Gasteiger partial charge in [-0.2, -0.15) is 0 Å². The summed E-state index contributed by atoms with van der Waals surface area (Å²) in [6, 6.07) is 14.5. The second-order valence-corrected chi connectivity index (χ2v) is 5.69. The highest BCUT2D eigenvalue weighted by Crippen LogP contribution is 2.28. The van der Waals surface area contributed by atoms with Gasteiger partial charge < -0.3 is 9.52 Å². The summed E-state index contributed by atoms with van der Waals surface area (Å²) in [6.45, 7) is 0. The zero-order valence-corrected chi connectivity index (χ0v) is 13.1. The Kier molecular flexibility index (Phi) is 3.79. The Morgan fingerprint density at radius 1 is 1.05 bits per heavy atom. The van der Waals surface area contributed by atoms with Crippen molar-refractivity contribution in [3.8, 4) is 5.75 Å². The highest BCUT2D eigenvalue weighted by Gasteiger charge is 2.10. The number of fused-ring (bicyclic) bond motifs is 1. The number of benzene rings is 2.